The zero-order chi connectivity index (χ0) is 18.6. The summed E-state index contributed by atoms with van der Waals surface area (Å²) in [7, 11) is 0. The van der Waals surface area contributed by atoms with E-state index in [1.165, 1.54) is 12.1 Å². The number of benzene rings is 1. The van der Waals surface area contributed by atoms with E-state index in [-0.39, 0.29) is 12.5 Å². The normalized spacial score (nSPS) is 20.5. The largest absolute Gasteiger partial charge is 0.351 e. The van der Waals surface area contributed by atoms with E-state index in [1.54, 1.807) is 6.20 Å². The Balaban J connectivity index is 1.29. The molecule has 2 aliphatic rings. The fraction of sp³-hybridized carbons (Fsp3) is 0.200. The number of nitrogens with one attached hydrogen (secondary N) is 2. The van der Waals surface area contributed by atoms with Crippen molar-refractivity contribution < 1.29 is 13.6 Å². The molecule has 5 rings (SSSR count). The fourth-order valence-electron chi connectivity index (χ4n) is 3.82. The Bertz CT molecular complexity index is 1090. The second-order valence-electron chi connectivity index (χ2n) is 6.97. The predicted octanol–water partition coefficient (Wildman–Crippen LogP) is 3.25. The molecule has 0 unspecified atom stereocenters. The van der Waals surface area contributed by atoms with Crippen LogP contribution in [-0.4, -0.2) is 22.4 Å². The third-order valence-electron chi connectivity index (χ3n) is 5.26. The minimum Gasteiger partial charge on any atom is -0.351 e. The first kappa shape index (κ1) is 16.0. The molecule has 1 aromatic carbocycles. The number of carbonyl (C=O) groups is 1. The van der Waals surface area contributed by atoms with Gasteiger partial charge in [0.25, 0.3) is 0 Å². The van der Waals surface area contributed by atoms with E-state index in [4.69, 9.17) is 0 Å². The Hall–Kier alpha value is -3.22. The Morgan fingerprint density at radius 2 is 2.07 bits per heavy atom. The molecule has 1 fully saturated rings. The summed E-state index contributed by atoms with van der Waals surface area (Å²) in [4.78, 5) is 22.3. The highest BCUT2D eigenvalue weighted by atomic mass is 19.1. The zero-order valence-electron chi connectivity index (χ0n) is 14.3. The summed E-state index contributed by atoms with van der Waals surface area (Å²) in [5.41, 5.74) is 2.53. The van der Waals surface area contributed by atoms with E-state index in [2.05, 4.69) is 20.2 Å². The van der Waals surface area contributed by atoms with Crippen LogP contribution in [0, 0.1) is 17.0 Å². The number of hydrogen-bond donors (Lipinski definition) is 2. The van der Waals surface area contributed by atoms with Crippen molar-refractivity contribution in [3.63, 3.8) is 0 Å². The molecule has 1 saturated heterocycles. The summed E-state index contributed by atoms with van der Waals surface area (Å²) in [6.45, 7) is 0.818. The van der Waals surface area contributed by atoms with Gasteiger partial charge in [0.2, 0.25) is 5.91 Å². The van der Waals surface area contributed by atoms with E-state index in [9.17, 15) is 13.6 Å². The van der Waals surface area contributed by atoms with Crippen LogP contribution in [-0.2, 0) is 11.3 Å². The SMILES string of the molecule is O=C(NCc1cc(F)cc(F)c1)[C@]12C=C1N(c1cnc3[nH]ccc3c1)CC2. The van der Waals surface area contributed by atoms with Gasteiger partial charge in [0.15, 0.2) is 0 Å². The maximum atomic E-state index is 13.3. The molecule has 1 aliphatic heterocycles. The molecule has 5 nitrogen and oxygen atoms in total. The minimum atomic E-state index is -0.651. The van der Waals surface area contributed by atoms with Gasteiger partial charge in [-0.1, -0.05) is 0 Å². The van der Waals surface area contributed by atoms with Crippen molar-refractivity contribution in [2.24, 2.45) is 5.41 Å². The maximum absolute atomic E-state index is 13.3. The fourth-order valence-corrected chi connectivity index (χ4v) is 3.82. The average Bonchev–Trinajstić information content (AvgIpc) is 3.01. The Morgan fingerprint density at radius 3 is 2.85 bits per heavy atom. The van der Waals surface area contributed by atoms with Crippen molar-refractivity contribution in [2.45, 2.75) is 13.0 Å². The molecule has 3 heterocycles. The summed E-state index contributed by atoms with van der Waals surface area (Å²) in [5, 5.41) is 3.82. The first-order chi connectivity index (χ1) is 13.0. The van der Waals surface area contributed by atoms with Crippen LogP contribution in [0.2, 0.25) is 0 Å². The molecule has 3 aromatic rings. The highest BCUT2D eigenvalue weighted by Crippen LogP contribution is 2.55. The number of H-pyrrole nitrogens is 1. The number of nitrogens with zero attached hydrogens (tertiary/aromatic N) is 2. The van der Waals surface area contributed by atoms with Gasteiger partial charge in [-0.3, -0.25) is 4.79 Å². The summed E-state index contributed by atoms with van der Waals surface area (Å²) in [6.07, 6.45) is 6.26. The van der Waals surface area contributed by atoms with Crippen LogP contribution < -0.4 is 10.2 Å². The molecule has 1 amide bonds. The van der Waals surface area contributed by atoms with E-state index >= 15 is 0 Å². The van der Waals surface area contributed by atoms with Crippen molar-refractivity contribution in [3.8, 4) is 0 Å². The topological polar surface area (TPSA) is 61.0 Å². The van der Waals surface area contributed by atoms with Crippen molar-refractivity contribution in [3.05, 3.63) is 71.7 Å². The molecule has 2 aromatic heterocycles. The highest BCUT2D eigenvalue weighted by molar-refractivity contribution is 5.96. The van der Waals surface area contributed by atoms with Crippen LogP contribution in [0.25, 0.3) is 11.0 Å². The highest BCUT2D eigenvalue weighted by Gasteiger charge is 2.57. The van der Waals surface area contributed by atoms with E-state index < -0.39 is 17.0 Å². The summed E-state index contributed by atoms with van der Waals surface area (Å²) in [6, 6.07) is 7.26. The average molecular weight is 366 g/mol. The quantitative estimate of drug-likeness (QED) is 0.745. The standard InChI is InChI=1S/C20H16F2N4O/c21-14-5-12(6-15(22)8-14)10-25-19(27)20-2-4-26(17(20)9-20)16-7-13-1-3-23-18(13)24-11-16/h1,3,5-9,11H,2,4,10H2,(H,23,24)(H,25,27)/t20-/m1/s1. The van der Waals surface area contributed by atoms with E-state index in [1.807, 2.05) is 24.4 Å². The number of amides is 1. The van der Waals surface area contributed by atoms with Crippen LogP contribution >= 0.6 is 0 Å². The molecule has 0 bridgehead atoms. The number of pyridine rings is 1. The zero-order valence-corrected chi connectivity index (χ0v) is 14.3. The Morgan fingerprint density at radius 1 is 1.26 bits per heavy atom. The Kier molecular flexibility index (Phi) is 3.34. The second-order valence-corrected chi connectivity index (χ2v) is 6.97. The van der Waals surface area contributed by atoms with Crippen LogP contribution in [0.4, 0.5) is 14.5 Å². The second kappa shape index (κ2) is 5.64. The van der Waals surface area contributed by atoms with Crippen molar-refractivity contribution in [1.29, 1.82) is 0 Å². The van der Waals surface area contributed by atoms with Crippen molar-refractivity contribution >= 4 is 22.6 Å². The predicted molar refractivity (Wildman–Crippen MR) is 96.8 cm³/mol. The monoisotopic (exact) mass is 366 g/mol. The molecule has 27 heavy (non-hydrogen) atoms. The number of halogens is 2. The maximum Gasteiger partial charge on any atom is 0.236 e. The lowest BCUT2D eigenvalue weighted by Gasteiger charge is -2.17. The first-order valence-corrected chi connectivity index (χ1v) is 8.72. The van der Waals surface area contributed by atoms with Crippen LogP contribution in [0.15, 0.2) is 54.5 Å². The van der Waals surface area contributed by atoms with Gasteiger partial charge in [-0.25, -0.2) is 13.8 Å². The number of fused-ring (bicyclic) bond motifs is 2. The van der Waals surface area contributed by atoms with Crippen molar-refractivity contribution in [2.75, 3.05) is 11.4 Å². The molecule has 1 atom stereocenters. The molecule has 136 valence electrons. The molecule has 1 aliphatic carbocycles. The molecular weight excluding hydrogens is 350 g/mol. The van der Waals surface area contributed by atoms with E-state index in [0.717, 1.165) is 35.0 Å². The van der Waals surface area contributed by atoms with Crippen LogP contribution in [0.3, 0.4) is 0 Å². The molecule has 2 N–H and O–H groups in total. The first-order valence-electron chi connectivity index (χ1n) is 8.72. The number of rotatable bonds is 4. The third-order valence-corrected chi connectivity index (χ3v) is 5.26. The number of hydrogen-bond acceptors (Lipinski definition) is 3. The van der Waals surface area contributed by atoms with Gasteiger partial charge in [0, 0.05) is 36.4 Å². The van der Waals surface area contributed by atoms with Gasteiger partial charge in [-0.05, 0) is 42.3 Å². The van der Waals surface area contributed by atoms with Gasteiger partial charge < -0.3 is 15.2 Å². The number of aromatic nitrogens is 2. The van der Waals surface area contributed by atoms with Gasteiger partial charge in [-0.2, -0.15) is 0 Å². The summed E-state index contributed by atoms with van der Waals surface area (Å²) in [5.74, 6) is -1.44. The van der Waals surface area contributed by atoms with E-state index in [0.29, 0.717) is 12.0 Å². The lowest BCUT2D eigenvalue weighted by Crippen LogP contribution is -2.32. The summed E-state index contributed by atoms with van der Waals surface area (Å²) < 4.78 is 26.6. The van der Waals surface area contributed by atoms with Gasteiger partial charge in [0.1, 0.15) is 22.7 Å². The van der Waals surface area contributed by atoms with Crippen LogP contribution in [0.1, 0.15) is 12.0 Å². The number of carbonyl (C=O) groups excluding carboxylic acids is 1. The third kappa shape index (κ3) is 2.58. The molecular formula is C20H16F2N4O. The smallest absolute Gasteiger partial charge is 0.236 e. The minimum absolute atomic E-state index is 0.0905. The number of aromatic amines is 1. The van der Waals surface area contributed by atoms with Gasteiger partial charge >= 0.3 is 0 Å². The van der Waals surface area contributed by atoms with Gasteiger partial charge in [0.05, 0.1) is 11.9 Å². The molecule has 0 radical (unpaired) electrons. The van der Waals surface area contributed by atoms with Crippen LogP contribution in [0.5, 0.6) is 0 Å². The number of anilines is 1. The molecule has 7 heteroatoms. The lowest BCUT2D eigenvalue weighted by molar-refractivity contribution is -0.125. The molecule has 0 spiro atoms. The van der Waals surface area contributed by atoms with Crippen molar-refractivity contribution in [1.82, 2.24) is 15.3 Å². The Labute approximate surface area is 153 Å². The van der Waals surface area contributed by atoms with Gasteiger partial charge in [-0.15, -0.1) is 0 Å². The summed E-state index contributed by atoms with van der Waals surface area (Å²) >= 11 is 0. The lowest BCUT2D eigenvalue weighted by atomic mass is 10.00. The molecule has 0 saturated carbocycles.